The van der Waals surface area contributed by atoms with Crippen LogP contribution in [0.25, 0.3) is 10.6 Å². The van der Waals surface area contributed by atoms with Gasteiger partial charge in [-0.25, -0.2) is 9.78 Å². The SMILES string of the molecule is Cc1ccc(-c2nc(CC(=O)Nc3cnn(C(C)(C)C(=O)O)c3)cs2)cc1. The number of amides is 1. The highest BCUT2D eigenvalue weighted by Crippen LogP contribution is 2.24. The number of carbonyl (C=O) groups is 2. The zero-order chi connectivity index (χ0) is 19.6. The van der Waals surface area contributed by atoms with Crippen LogP contribution in [-0.4, -0.2) is 31.7 Å². The molecule has 27 heavy (non-hydrogen) atoms. The second-order valence-corrected chi connectivity index (χ2v) is 7.63. The van der Waals surface area contributed by atoms with Crippen LogP contribution in [0.4, 0.5) is 5.69 Å². The Bertz CT molecular complexity index is 973. The molecular formula is C19H20N4O3S. The molecule has 3 aromatic rings. The van der Waals surface area contributed by atoms with Gasteiger partial charge in [0.25, 0.3) is 0 Å². The summed E-state index contributed by atoms with van der Waals surface area (Å²) >= 11 is 1.49. The lowest BCUT2D eigenvalue weighted by Crippen LogP contribution is -2.35. The number of anilines is 1. The molecule has 2 N–H and O–H groups in total. The molecule has 0 bridgehead atoms. The molecule has 7 nitrogen and oxygen atoms in total. The fourth-order valence-electron chi connectivity index (χ4n) is 2.38. The Morgan fingerprint density at radius 2 is 1.96 bits per heavy atom. The van der Waals surface area contributed by atoms with Gasteiger partial charge in [0.2, 0.25) is 5.91 Å². The zero-order valence-corrected chi connectivity index (χ0v) is 16.1. The number of carboxylic acids is 1. The van der Waals surface area contributed by atoms with Crippen LogP contribution < -0.4 is 5.32 Å². The van der Waals surface area contributed by atoms with E-state index in [9.17, 15) is 14.7 Å². The molecule has 0 fully saturated rings. The number of carbonyl (C=O) groups excluding carboxylic acids is 1. The standard InChI is InChI=1S/C19H20N4O3S/c1-12-4-6-13(7-5-12)17-22-14(11-27-17)8-16(24)21-15-9-20-23(10-15)19(2,3)18(25)26/h4-7,9-11H,8H2,1-3H3,(H,21,24)(H,25,26). The van der Waals surface area contributed by atoms with Gasteiger partial charge in [0.1, 0.15) is 5.01 Å². The number of hydrogen-bond acceptors (Lipinski definition) is 5. The van der Waals surface area contributed by atoms with E-state index in [4.69, 9.17) is 0 Å². The van der Waals surface area contributed by atoms with Gasteiger partial charge >= 0.3 is 5.97 Å². The van der Waals surface area contributed by atoms with Gasteiger partial charge < -0.3 is 10.4 Å². The molecule has 0 aliphatic rings. The van der Waals surface area contributed by atoms with E-state index in [1.165, 1.54) is 47.8 Å². The first-order chi connectivity index (χ1) is 12.8. The fraction of sp³-hybridized carbons (Fsp3) is 0.263. The van der Waals surface area contributed by atoms with E-state index in [0.29, 0.717) is 11.4 Å². The third-order valence-corrected chi connectivity index (χ3v) is 5.09. The van der Waals surface area contributed by atoms with Crippen molar-refractivity contribution in [3.63, 3.8) is 0 Å². The predicted molar refractivity (Wildman–Crippen MR) is 104 cm³/mol. The number of aliphatic carboxylic acids is 1. The summed E-state index contributed by atoms with van der Waals surface area (Å²) in [6.07, 6.45) is 3.07. The summed E-state index contributed by atoms with van der Waals surface area (Å²) in [5, 5.41) is 18.7. The van der Waals surface area contributed by atoms with Crippen molar-refractivity contribution >= 4 is 28.9 Å². The van der Waals surface area contributed by atoms with E-state index in [1.807, 2.05) is 36.6 Å². The molecule has 2 heterocycles. The molecule has 0 aliphatic heterocycles. The van der Waals surface area contributed by atoms with Crippen LogP contribution in [0.5, 0.6) is 0 Å². The van der Waals surface area contributed by atoms with E-state index in [2.05, 4.69) is 15.4 Å². The number of carboxylic acid groups (broad SMARTS) is 1. The minimum absolute atomic E-state index is 0.135. The van der Waals surface area contributed by atoms with Gasteiger partial charge in [0.05, 0.1) is 24.0 Å². The topological polar surface area (TPSA) is 97.1 Å². The highest BCUT2D eigenvalue weighted by atomic mass is 32.1. The van der Waals surface area contributed by atoms with Crippen molar-refractivity contribution in [2.45, 2.75) is 32.7 Å². The normalized spacial score (nSPS) is 11.4. The van der Waals surface area contributed by atoms with Crippen LogP contribution in [0.15, 0.2) is 42.0 Å². The average Bonchev–Trinajstić information content (AvgIpc) is 3.25. The van der Waals surface area contributed by atoms with Gasteiger partial charge in [-0.2, -0.15) is 5.10 Å². The van der Waals surface area contributed by atoms with Crippen molar-refractivity contribution in [2.75, 3.05) is 5.32 Å². The van der Waals surface area contributed by atoms with Crippen LogP contribution in [0.2, 0.25) is 0 Å². The molecule has 0 saturated heterocycles. The zero-order valence-electron chi connectivity index (χ0n) is 15.3. The maximum absolute atomic E-state index is 12.3. The van der Waals surface area contributed by atoms with Gasteiger partial charge in [-0.1, -0.05) is 29.8 Å². The van der Waals surface area contributed by atoms with Crippen molar-refractivity contribution in [3.8, 4) is 10.6 Å². The van der Waals surface area contributed by atoms with Gasteiger partial charge in [0, 0.05) is 17.1 Å². The van der Waals surface area contributed by atoms with Crippen molar-refractivity contribution < 1.29 is 14.7 Å². The molecule has 0 aliphatic carbocycles. The molecule has 3 rings (SSSR count). The summed E-state index contributed by atoms with van der Waals surface area (Å²) in [4.78, 5) is 28.1. The van der Waals surface area contributed by atoms with Crippen LogP contribution in [0, 0.1) is 6.92 Å². The summed E-state index contributed by atoms with van der Waals surface area (Å²) in [7, 11) is 0. The lowest BCUT2D eigenvalue weighted by Gasteiger charge is -2.19. The maximum Gasteiger partial charge on any atom is 0.331 e. The minimum atomic E-state index is -1.19. The highest BCUT2D eigenvalue weighted by Gasteiger charge is 2.30. The van der Waals surface area contributed by atoms with Crippen LogP contribution >= 0.6 is 11.3 Å². The fourth-order valence-corrected chi connectivity index (χ4v) is 3.20. The Hall–Kier alpha value is -3.00. The molecule has 0 radical (unpaired) electrons. The number of thiazole rings is 1. The van der Waals surface area contributed by atoms with Crippen LogP contribution in [0.3, 0.4) is 0 Å². The number of hydrogen-bond donors (Lipinski definition) is 2. The van der Waals surface area contributed by atoms with Crippen molar-refractivity contribution in [1.29, 1.82) is 0 Å². The first-order valence-corrected chi connectivity index (χ1v) is 9.23. The number of aromatic nitrogens is 3. The third kappa shape index (κ3) is 4.22. The summed E-state index contributed by atoms with van der Waals surface area (Å²) in [5.41, 5.74) is 2.14. The first kappa shape index (κ1) is 18.8. The Morgan fingerprint density at radius 1 is 1.26 bits per heavy atom. The Morgan fingerprint density at radius 3 is 2.63 bits per heavy atom. The Labute approximate surface area is 160 Å². The van der Waals surface area contributed by atoms with Crippen molar-refractivity contribution in [1.82, 2.24) is 14.8 Å². The smallest absolute Gasteiger partial charge is 0.331 e. The van der Waals surface area contributed by atoms with Crippen LogP contribution in [-0.2, 0) is 21.5 Å². The summed E-state index contributed by atoms with van der Waals surface area (Å²) in [5.74, 6) is -1.24. The molecule has 0 saturated carbocycles. The largest absolute Gasteiger partial charge is 0.479 e. The predicted octanol–water partition coefficient (Wildman–Crippen LogP) is 3.32. The third-order valence-electron chi connectivity index (χ3n) is 4.15. The second-order valence-electron chi connectivity index (χ2n) is 6.77. The maximum atomic E-state index is 12.3. The molecular weight excluding hydrogens is 364 g/mol. The summed E-state index contributed by atoms with van der Waals surface area (Å²) in [6, 6.07) is 8.08. The monoisotopic (exact) mass is 384 g/mol. The molecule has 1 amide bonds. The summed E-state index contributed by atoms with van der Waals surface area (Å²) in [6.45, 7) is 5.10. The van der Waals surface area contributed by atoms with E-state index in [0.717, 1.165) is 10.6 Å². The second kappa shape index (κ2) is 7.32. The molecule has 0 atom stereocenters. The highest BCUT2D eigenvalue weighted by molar-refractivity contribution is 7.13. The first-order valence-electron chi connectivity index (χ1n) is 8.35. The van der Waals surface area contributed by atoms with Gasteiger partial charge in [-0.3, -0.25) is 9.48 Å². The van der Waals surface area contributed by atoms with Gasteiger partial charge in [-0.15, -0.1) is 11.3 Å². The molecule has 1 aromatic carbocycles. The van der Waals surface area contributed by atoms with E-state index >= 15 is 0 Å². The number of nitrogens with zero attached hydrogens (tertiary/aromatic N) is 3. The van der Waals surface area contributed by atoms with E-state index < -0.39 is 11.5 Å². The number of nitrogens with one attached hydrogen (secondary N) is 1. The molecule has 2 aromatic heterocycles. The molecule has 0 unspecified atom stereocenters. The number of benzene rings is 1. The number of rotatable bonds is 6. The lowest BCUT2D eigenvalue weighted by atomic mass is 10.1. The van der Waals surface area contributed by atoms with E-state index in [-0.39, 0.29) is 12.3 Å². The van der Waals surface area contributed by atoms with E-state index in [1.54, 1.807) is 0 Å². The molecule has 140 valence electrons. The summed E-state index contributed by atoms with van der Waals surface area (Å²) < 4.78 is 1.31. The molecule has 0 spiro atoms. The quantitative estimate of drug-likeness (QED) is 0.679. The lowest BCUT2D eigenvalue weighted by molar-refractivity contribution is -0.146. The Kier molecular flexibility index (Phi) is 5.09. The number of aryl methyl sites for hydroxylation is 1. The van der Waals surface area contributed by atoms with Crippen LogP contribution in [0.1, 0.15) is 25.1 Å². The average molecular weight is 384 g/mol. The Balaban J connectivity index is 1.64. The van der Waals surface area contributed by atoms with Gasteiger partial charge in [-0.05, 0) is 20.8 Å². The van der Waals surface area contributed by atoms with Crippen molar-refractivity contribution in [3.05, 3.63) is 53.3 Å². The minimum Gasteiger partial charge on any atom is -0.479 e. The van der Waals surface area contributed by atoms with Gasteiger partial charge in [0.15, 0.2) is 5.54 Å². The molecule has 8 heteroatoms. The van der Waals surface area contributed by atoms with Crippen molar-refractivity contribution in [2.24, 2.45) is 0 Å².